The number of para-hydroxylation sites is 1. The number of amides is 1. The smallest absolute Gasteiger partial charge is 0.257 e. The zero-order valence-electron chi connectivity index (χ0n) is 24.9. The summed E-state index contributed by atoms with van der Waals surface area (Å²) in [5.74, 6) is -0.595. The van der Waals surface area contributed by atoms with Crippen molar-refractivity contribution in [2.45, 2.75) is 34.2 Å². The SMILES string of the molecule is C#C.CC.CC.CNc1cccc(C(=O)N2CCN(C)CC2)c1O.N=C(N)C(=N)N=CCNCc1ccccc1. The first-order valence-electron chi connectivity index (χ1n) is 13.3. The molecule has 1 saturated heterocycles. The first kappa shape index (κ1) is 37.9. The Bertz CT molecular complexity index is 1030. The van der Waals surface area contributed by atoms with Crippen molar-refractivity contribution < 1.29 is 9.90 Å². The van der Waals surface area contributed by atoms with E-state index < -0.39 is 0 Å². The number of benzene rings is 2. The number of nitrogens with zero attached hydrogens (tertiary/aromatic N) is 3. The molecule has 7 N–H and O–H groups in total. The van der Waals surface area contributed by atoms with E-state index in [0.29, 0.717) is 30.9 Å². The Labute approximate surface area is 240 Å². The minimum absolute atomic E-state index is 0.0314. The lowest BCUT2D eigenvalue weighted by Crippen LogP contribution is -2.47. The van der Waals surface area contributed by atoms with Gasteiger partial charge in [-0.15, -0.1) is 12.8 Å². The van der Waals surface area contributed by atoms with Gasteiger partial charge >= 0.3 is 0 Å². The second-order valence-electron chi connectivity index (χ2n) is 7.74. The molecule has 10 nitrogen and oxygen atoms in total. The Hall–Kier alpha value is -4.20. The summed E-state index contributed by atoms with van der Waals surface area (Å²) in [7, 11) is 3.76. The molecule has 220 valence electrons. The molecular formula is C30H48N8O2. The highest BCUT2D eigenvalue weighted by Gasteiger charge is 2.23. The van der Waals surface area contributed by atoms with Gasteiger partial charge in [-0.05, 0) is 24.7 Å². The molecular weight excluding hydrogens is 504 g/mol. The van der Waals surface area contributed by atoms with Crippen LogP contribution in [0.2, 0.25) is 0 Å². The molecule has 0 atom stereocenters. The van der Waals surface area contributed by atoms with E-state index in [0.717, 1.165) is 19.6 Å². The van der Waals surface area contributed by atoms with E-state index in [1.165, 1.54) is 11.8 Å². The Kier molecular flexibility index (Phi) is 22.7. The van der Waals surface area contributed by atoms with Crippen molar-refractivity contribution in [2.24, 2.45) is 10.7 Å². The largest absolute Gasteiger partial charge is 0.505 e. The number of piperazine rings is 1. The highest BCUT2D eigenvalue weighted by molar-refractivity contribution is 6.38. The molecule has 2 aromatic rings. The van der Waals surface area contributed by atoms with Gasteiger partial charge in [-0.3, -0.25) is 15.6 Å². The number of hydrogen-bond donors (Lipinski definition) is 6. The fourth-order valence-electron chi connectivity index (χ4n) is 3.18. The maximum atomic E-state index is 12.3. The predicted molar refractivity (Wildman–Crippen MR) is 170 cm³/mol. The summed E-state index contributed by atoms with van der Waals surface area (Å²) >= 11 is 0. The minimum Gasteiger partial charge on any atom is -0.505 e. The highest BCUT2D eigenvalue weighted by atomic mass is 16.3. The van der Waals surface area contributed by atoms with Crippen molar-refractivity contribution in [3.05, 3.63) is 59.7 Å². The third-order valence-electron chi connectivity index (χ3n) is 5.21. The van der Waals surface area contributed by atoms with E-state index in [-0.39, 0.29) is 23.3 Å². The number of rotatable bonds is 6. The number of anilines is 1. The molecule has 0 spiro atoms. The molecule has 1 amide bonds. The zero-order chi connectivity index (χ0) is 30.9. The van der Waals surface area contributed by atoms with E-state index in [1.807, 2.05) is 65.1 Å². The molecule has 0 aliphatic carbocycles. The molecule has 0 unspecified atom stereocenters. The van der Waals surface area contributed by atoms with Crippen LogP contribution in [0.25, 0.3) is 0 Å². The minimum atomic E-state index is -0.320. The molecule has 1 heterocycles. The normalized spacial score (nSPS) is 12.1. The zero-order valence-corrected chi connectivity index (χ0v) is 24.9. The van der Waals surface area contributed by atoms with Crippen LogP contribution in [0, 0.1) is 23.7 Å². The third kappa shape index (κ3) is 14.7. The molecule has 1 fully saturated rings. The molecule has 0 saturated carbocycles. The Morgan fingerprint density at radius 2 is 1.60 bits per heavy atom. The Balaban J connectivity index is 0. The predicted octanol–water partition coefficient (Wildman–Crippen LogP) is 3.88. The number of hydrogen-bond acceptors (Lipinski definition) is 7. The summed E-state index contributed by atoms with van der Waals surface area (Å²) in [6, 6.07) is 15.2. The average molecular weight is 553 g/mol. The van der Waals surface area contributed by atoms with Crippen LogP contribution in [-0.2, 0) is 6.54 Å². The number of aliphatic imine (C=N–C) groups is 1. The molecule has 1 aliphatic rings. The summed E-state index contributed by atoms with van der Waals surface area (Å²) in [6.45, 7) is 12.5. The standard InChI is InChI=1S/C13H19N3O2.C11H15N5.2C2H6.C2H2/c1-14-11-5-3-4-10(12(11)17)13(18)16-8-6-15(2)7-9-16;12-10(13)11(14)16-7-6-15-8-9-4-2-1-3-5-9;3*1-2/h3-5,14,17H,6-9H2,1-2H3;1-5,7,14-15H,6,8H2,(H3,12,13);2*1-2H3;1-2H. The molecule has 10 heteroatoms. The lowest BCUT2D eigenvalue weighted by molar-refractivity contribution is 0.0661. The van der Waals surface area contributed by atoms with Crippen molar-refractivity contribution in [1.82, 2.24) is 15.1 Å². The molecule has 2 aromatic carbocycles. The quantitative estimate of drug-likeness (QED) is 0.105. The summed E-state index contributed by atoms with van der Waals surface area (Å²) in [5.41, 5.74) is 7.20. The lowest BCUT2D eigenvalue weighted by Gasteiger charge is -2.32. The lowest BCUT2D eigenvalue weighted by atomic mass is 10.1. The van der Waals surface area contributed by atoms with E-state index in [9.17, 15) is 9.90 Å². The maximum absolute atomic E-state index is 12.3. The average Bonchev–Trinajstić information content (AvgIpc) is 3.01. The van der Waals surface area contributed by atoms with Gasteiger partial charge in [0, 0.05) is 52.5 Å². The molecule has 0 bridgehead atoms. The number of aromatic hydroxyl groups is 1. The fourth-order valence-corrected chi connectivity index (χ4v) is 3.18. The Morgan fingerprint density at radius 3 is 2.12 bits per heavy atom. The van der Waals surface area contributed by atoms with Gasteiger partial charge in [-0.1, -0.05) is 64.1 Å². The number of terminal acetylenes is 1. The van der Waals surface area contributed by atoms with Crippen LogP contribution in [0.1, 0.15) is 43.6 Å². The topological polar surface area (TPSA) is 154 Å². The molecule has 0 aromatic heterocycles. The van der Waals surface area contributed by atoms with Crippen LogP contribution in [0.4, 0.5) is 5.69 Å². The van der Waals surface area contributed by atoms with Crippen LogP contribution < -0.4 is 16.4 Å². The molecule has 1 aliphatic heterocycles. The number of nitrogens with one attached hydrogen (secondary N) is 4. The fraction of sp³-hybridized carbons (Fsp3) is 0.400. The van der Waals surface area contributed by atoms with Crippen molar-refractivity contribution in [2.75, 3.05) is 52.1 Å². The van der Waals surface area contributed by atoms with Gasteiger partial charge in [-0.2, -0.15) is 0 Å². The first-order chi connectivity index (χ1) is 19.3. The summed E-state index contributed by atoms with van der Waals surface area (Å²) in [4.78, 5) is 20.0. The summed E-state index contributed by atoms with van der Waals surface area (Å²) in [5, 5.41) is 30.1. The van der Waals surface area contributed by atoms with Crippen LogP contribution in [0.15, 0.2) is 53.5 Å². The number of phenolic OH excluding ortho intramolecular Hbond substituents is 1. The number of carbonyl (C=O) groups excluding carboxylic acids is 1. The third-order valence-corrected chi connectivity index (χ3v) is 5.21. The van der Waals surface area contributed by atoms with E-state index in [1.54, 1.807) is 30.1 Å². The van der Waals surface area contributed by atoms with Crippen LogP contribution in [0.3, 0.4) is 0 Å². The van der Waals surface area contributed by atoms with Gasteiger partial charge < -0.3 is 31.3 Å². The second-order valence-corrected chi connectivity index (χ2v) is 7.74. The van der Waals surface area contributed by atoms with Gasteiger partial charge in [0.15, 0.2) is 17.4 Å². The summed E-state index contributed by atoms with van der Waals surface area (Å²) in [6.07, 6.45) is 9.53. The van der Waals surface area contributed by atoms with Gasteiger partial charge in [0.05, 0.1) is 11.3 Å². The van der Waals surface area contributed by atoms with Gasteiger partial charge in [0.1, 0.15) is 0 Å². The monoisotopic (exact) mass is 552 g/mol. The molecule has 40 heavy (non-hydrogen) atoms. The molecule has 3 rings (SSSR count). The number of nitrogens with two attached hydrogens (primary N) is 1. The second kappa shape index (κ2) is 23.9. The highest BCUT2D eigenvalue weighted by Crippen LogP contribution is 2.28. The number of amidine groups is 2. The van der Waals surface area contributed by atoms with Crippen LogP contribution in [0.5, 0.6) is 5.75 Å². The number of phenols is 1. The van der Waals surface area contributed by atoms with Gasteiger partial charge in [0.2, 0.25) is 0 Å². The maximum Gasteiger partial charge on any atom is 0.257 e. The van der Waals surface area contributed by atoms with E-state index in [2.05, 4.69) is 33.4 Å². The summed E-state index contributed by atoms with van der Waals surface area (Å²) < 4.78 is 0. The van der Waals surface area contributed by atoms with Crippen molar-refractivity contribution in [3.63, 3.8) is 0 Å². The van der Waals surface area contributed by atoms with Crippen LogP contribution in [-0.4, -0.2) is 85.5 Å². The van der Waals surface area contributed by atoms with Crippen molar-refractivity contribution >= 4 is 29.5 Å². The van der Waals surface area contributed by atoms with Gasteiger partial charge in [0.25, 0.3) is 5.91 Å². The van der Waals surface area contributed by atoms with Gasteiger partial charge in [-0.25, -0.2) is 4.99 Å². The first-order valence-corrected chi connectivity index (χ1v) is 13.3. The van der Waals surface area contributed by atoms with Crippen molar-refractivity contribution in [1.29, 1.82) is 10.8 Å². The van der Waals surface area contributed by atoms with E-state index >= 15 is 0 Å². The number of carbonyl (C=O) groups is 1. The van der Waals surface area contributed by atoms with Crippen LogP contribution >= 0.6 is 0 Å². The molecule has 0 radical (unpaired) electrons. The Morgan fingerprint density at radius 1 is 1.02 bits per heavy atom. The van der Waals surface area contributed by atoms with E-state index in [4.69, 9.17) is 16.6 Å². The van der Waals surface area contributed by atoms with Crippen molar-refractivity contribution in [3.8, 4) is 18.6 Å². The number of likely N-dealkylation sites (N-methyl/N-ethyl adjacent to an activating group) is 1.